The Kier molecular flexibility index (Phi) is 5.67. The number of carbonyl (C=O) groups is 1. The smallest absolute Gasteiger partial charge is 0.328 e. The lowest BCUT2D eigenvalue weighted by atomic mass is 10.1. The van der Waals surface area contributed by atoms with Crippen LogP contribution in [0.4, 0.5) is 5.69 Å². The lowest BCUT2D eigenvalue weighted by Crippen LogP contribution is -2.16. The molecule has 0 saturated heterocycles. The van der Waals surface area contributed by atoms with Crippen molar-refractivity contribution in [1.82, 2.24) is 0 Å². The van der Waals surface area contributed by atoms with Gasteiger partial charge in [-0.1, -0.05) is 6.07 Å². The van der Waals surface area contributed by atoms with Crippen LogP contribution < -0.4 is 4.74 Å². The minimum absolute atomic E-state index is 0.117. The molecule has 0 saturated carbocycles. The standard InChI is InChI=1S/C13H15NO6/c1-9(19-2)8-20-12-5-3-10(4-6-13(15)16)7-11(12)14(17)18/h3-7,9H,8H2,1-2H3,(H,15,16)/b6-4+. The average Bonchev–Trinajstić information content (AvgIpc) is 2.42. The number of ether oxygens (including phenoxy) is 2. The first kappa shape index (κ1) is 15.6. The van der Waals surface area contributed by atoms with Crippen molar-refractivity contribution in [2.45, 2.75) is 13.0 Å². The summed E-state index contributed by atoms with van der Waals surface area (Å²) in [6.07, 6.45) is 1.99. The summed E-state index contributed by atoms with van der Waals surface area (Å²) in [4.78, 5) is 20.8. The zero-order chi connectivity index (χ0) is 15.1. The fourth-order valence-electron chi connectivity index (χ4n) is 1.35. The summed E-state index contributed by atoms with van der Waals surface area (Å²) in [6.45, 7) is 1.96. The van der Waals surface area contributed by atoms with E-state index in [9.17, 15) is 14.9 Å². The van der Waals surface area contributed by atoms with Gasteiger partial charge in [0.05, 0.1) is 11.0 Å². The van der Waals surface area contributed by atoms with E-state index in [1.165, 1.54) is 25.3 Å². The minimum atomic E-state index is -1.12. The highest BCUT2D eigenvalue weighted by atomic mass is 16.6. The second-order valence-electron chi connectivity index (χ2n) is 4.01. The molecule has 1 rings (SSSR count). The van der Waals surface area contributed by atoms with Crippen LogP contribution in [0.25, 0.3) is 6.08 Å². The Balaban J connectivity index is 2.96. The van der Waals surface area contributed by atoms with Crippen LogP contribution in [0.15, 0.2) is 24.3 Å². The predicted molar refractivity (Wildman–Crippen MR) is 71.7 cm³/mol. The molecule has 0 aromatic heterocycles. The summed E-state index contributed by atoms with van der Waals surface area (Å²) in [5.74, 6) is -1.01. The van der Waals surface area contributed by atoms with Gasteiger partial charge in [0.2, 0.25) is 0 Å². The SMILES string of the molecule is COC(C)COc1ccc(/C=C/C(=O)O)cc1[N+](=O)[O-]. The number of hydrogen-bond donors (Lipinski definition) is 1. The monoisotopic (exact) mass is 281 g/mol. The second kappa shape index (κ2) is 7.25. The number of rotatable bonds is 7. The molecule has 0 aliphatic carbocycles. The van der Waals surface area contributed by atoms with Crippen molar-refractivity contribution in [3.63, 3.8) is 0 Å². The molecule has 108 valence electrons. The molecule has 0 aliphatic rings. The normalized spacial score (nSPS) is 12.3. The van der Waals surface area contributed by atoms with E-state index in [1.807, 2.05) is 0 Å². The Hall–Kier alpha value is -2.41. The summed E-state index contributed by atoms with van der Waals surface area (Å²) in [5.41, 5.74) is 0.187. The average molecular weight is 281 g/mol. The van der Waals surface area contributed by atoms with Gasteiger partial charge in [-0.25, -0.2) is 4.79 Å². The molecule has 0 heterocycles. The number of carboxylic acids is 1. The minimum Gasteiger partial charge on any atom is -0.484 e. The maximum Gasteiger partial charge on any atom is 0.328 e. The van der Waals surface area contributed by atoms with Crippen molar-refractivity contribution in [2.75, 3.05) is 13.7 Å². The molecule has 0 amide bonds. The number of carboxylic acid groups (broad SMARTS) is 1. The molecule has 7 heteroatoms. The van der Waals surface area contributed by atoms with Gasteiger partial charge in [-0.15, -0.1) is 0 Å². The molecule has 1 aromatic rings. The Bertz CT molecular complexity index is 526. The number of aliphatic carboxylic acids is 1. The third-order valence-corrected chi connectivity index (χ3v) is 2.47. The largest absolute Gasteiger partial charge is 0.484 e. The molecule has 0 fully saturated rings. The number of nitro groups is 1. The molecule has 0 aliphatic heterocycles. The van der Waals surface area contributed by atoms with Gasteiger partial charge in [-0.3, -0.25) is 10.1 Å². The molecule has 1 atom stereocenters. The number of hydrogen-bond acceptors (Lipinski definition) is 5. The van der Waals surface area contributed by atoms with Crippen LogP contribution >= 0.6 is 0 Å². The zero-order valence-electron chi connectivity index (χ0n) is 11.1. The fourth-order valence-corrected chi connectivity index (χ4v) is 1.35. The van der Waals surface area contributed by atoms with Gasteiger partial charge in [0.25, 0.3) is 0 Å². The maximum absolute atomic E-state index is 11.0. The van der Waals surface area contributed by atoms with Gasteiger partial charge < -0.3 is 14.6 Å². The summed E-state index contributed by atoms with van der Waals surface area (Å²) < 4.78 is 10.3. The van der Waals surface area contributed by atoms with Crippen molar-refractivity contribution < 1.29 is 24.3 Å². The quantitative estimate of drug-likeness (QED) is 0.467. The summed E-state index contributed by atoms with van der Waals surface area (Å²) >= 11 is 0. The highest BCUT2D eigenvalue weighted by Crippen LogP contribution is 2.28. The van der Waals surface area contributed by atoms with Crippen molar-refractivity contribution in [3.8, 4) is 5.75 Å². The molecule has 0 bridgehead atoms. The molecule has 1 N–H and O–H groups in total. The molecule has 0 radical (unpaired) electrons. The summed E-state index contributed by atoms with van der Waals surface area (Å²) in [5, 5.41) is 19.5. The van der Waals surface area contributed by atoms with Crippen LogP contribution in [0.5, 0.6) is 5.75 Å². The molecule has 20 heavy (non-hydrogen) atoms. The molecular weight excluding hydrogens is 266 g/mol. The Morgan fingerprint density at radius 1 is 1.55 bits per heavy atom. The molecule has 1 aromatic carbocycles. The number of nitrogens with zero attached hydrogens (tertiary/aromatic N) is 1. The van der Waals surface area contributed by atoms with Crippen molar-refractivity contribution in [2.24, 2.45) is 0 Å². The lowest BCUT2D eigenvalue weighted by Gasteiger charge is -2.11. The number of methoxy groups -OCH3 is 1. The lowest BCUT2D eigenvalue weighted by molar-refractivity contribution is -0.385. The third-order valence-electron chi connectivity index (χ3n) is 2.47. The zero-order valence-corrected chi connectivity index (χ0v) is 11.1. The van der Waals surface area contributed by atoms with Gasteiger partial charge in [-0.05, 0) is 24.6 Å². The van der Waals surface area contributed by atoms with Crippen molar-refractivity contribution >= 4 is 17.7 Å². The van der Waals surface area contributed by atoms with Gasteiger partial charge in [-0.2, -0.15) is 0 Å². The highest BCUT2D eigenvalue weighted by Gasteiger charge is 2.16. The van der Waals surface area contributed by atoms with Crippen molar-refractivity contribution in [1.29, 1.82) is 0 Å². The maximum atomic E-state index is 11.0. The van der Waals surface area contributed by atoms with Gasteiger partial charge >= 0.3 is 11.7 Å². The number of benzene rings is 1. The first-order valence-corrected chi connectivity index (χ1v) is 5.79. The first-order chi connectivity index (χ1) is 9.43. The molecule has 7 nitrogen and oxygen atoms in total. The van der Waals surface area contributed by atoms with E-state index in [4.69, 9.17) is 14.6 Å². The predicted octanol–water partition coefficient (Wildman–Crippen LogP) is 2.11. The van der Waals surface area contributed by atoms with Crippen LogP contribution in [0, 0.1) is 10.1 Å². The van der Waals surface area contributed by atoms with Crippen LogP contribution in [-0.4, -0.2) is 35.8 Å². The van der Waals surface area contributed by atoms with E-state index in [0.717, 1.165) is 6.08 Å². The number of nitro benzene ring substituents is 1. The van der Waals surface area contributed by atoms with E-state index in [-0.39, 0.29) is 24.1 Å². The van der Waals surface area contributed by atoms with E-state index in [0.29, 0.717) is 5.56 Å². The van der Waals surface area contributed by atoms with Gasteiger partial charge in [0, 0.05) is 19.3 Å². The molecular formula is C13H15NO6. The molecule has 0 spiro atoms. The molecule has 1 unspecified atom stereocenters. The topological polar surface area (TPSA) is 98.9 Å². The van der Waals surface area contributed by atoms with Crippen LogP contribution in [0.2, 0.25) is 0 Å². The summed E-state index contributed by atoms with van der Waals surface area (Å²) in [7, 11) is 1.52. The fraction of sp³-hybridized carbons (Fsp3) is 0.308. The Morgan fingerprint density at radius 3 is 2.80 bits per heavy atom. The van der Waals surface area contributed by atoms with Crippen molar-refractivity contribution in [3.05, 3.63) is 40.0 Å². The highest BCUT2D eigenvalue weighted by molar-refractivity contribution is 5.85. The van der Waals surface area contributed by atoms with Crippen LogP contribution in [0.1, 0.15) is 12.5 Å². The Labute approximate surface area is 115 Å². The van der Waals surface area contributed by atoms with Gasteiger partial charge in [0.15, 0.2) is 5.75 Å². The third kappa shape index (κ3) is 4.69. The van der Waals surface area contributed by atoms with Crippen LogP contribution in [0.3, 0.4) is 0 Å². The first-order valence-electron chi connectivity index (χ1n) is 5.79. The van der Waals surface area contributed by atoms with Gasteiger partial charge in [0.1, 0.15) is 6.61 Å². The second-order valence-corrected chi connectivity index (χ2v) is 4.01. The van der Waals surface area contributed by atoms with E-state index in [1.54, 1.807) is 13.0 Å². The van der Waals surface area contributed by atoms with Crippen LogP contribution in [-0.2, 0) is 9.53 Å². The van der Waals surface area contributed by atoms with E-state index < -0.39 is 10.9 Å². The van der Waals surface area contributed by atoms with E-state index >= 15 is 0 Å². The summed E-state index contributed by atoms with van der Waals surface area (Å²) in [6, 6.07) is 4.23. The van der Waals surface area contributed by atoms with E-state index in [2.05, 4.69) is 0 Å². The Morgan fingerprint density at radius 2 is 2.25 bits per heavy atom.